The van der Waals surface area contributed by atoms with E-state index in [4.69, 9.17) is 11.5 Å². The van der Waals surface area contributed by atoms with E-state index < -0.39 is 0 Å². The van der Waals surface area contributed by atoms with Crippen LogP contribution >= 0.6 is 0 Å². The van der Waals surface area contributed by atoms with Gasteiger partial charge in [-0.05, 0) is 53.8 Å². The highest BCUT2D eigenvalue weighted by Crippen LogP contribution is 2.25. The van der Waals surface area contributed by atoms with E-state index in [1.807, 2.05) is 18.2 Å². The highest BCUT2D eigenvalue weighted by molar-refractivity contribution is 5.69. The summed E-state index contributed by atoms with van der Waals surface area (Å²) in [5.74, 6) is 0. The van der Waals surface area contributed by atoms with Crippen molar-refractivity contribution in [1.29, 1.82) is 0 Å². The first-order valence-corrected chi connectivity index (χ1v) is 6.95. The second-order valence-electron chi connectivity index (χ2n) is 4.99. The molecule has 0 fully saturated rings. The van der Waals surface area contributed by atoms with Gasteiger partial charge in [0.2, 0.25) is 0 Å². The number of aryl methyl sites for hydroxylation is 1. The molecule has 0 heterocycles. The predicted octanol–water partition coefficient (Wildman–Crippen LogP) is 4.25. The first-order chi connectivity index (χ1) is 9.20. The molecule has 0 aliphatic carbocycles. The Kier molecular flexibility index (Phi) is 4.45. The lowest BCUT2D eigenvalue weighted by Crippen LogP contribution is -1.95. The molecule has 0 aliphatic rings. The zero-order chi connectivity index (χ0) is 13.7. The van der Waals surface area contributed by atoms with Crippen LogP contribution < -0.4 is 11.5 Å². The van der Waals surface area contributed by atoms with Gasteiger partial charge in [0.25, 0.3) is 0 Å². The molecule has 2 aromatic carbocycles. The summed E-state index contributed by atoms with van der Waals surface area (Å²) in [4.78, 5) is 0. The minimum Gasteiger partial charge on any atom is -0.399 e. The van der Waals surface area contributed by atoms with E-state index in [2.05, 4.69) is 31.2 Å². The van der Waals surface area contributed by atoms with Gasteiger partial charge in [-0.1, -0.05) is 38.0 Å². The lowest BCUT2D eigenvalue weighted by molar-refractivity contribution is 0.718. The minimum absolute atomic E-state index is 0.794. The highest BCUT2D eigenvalue weighted by Gasteiger charge is 2.03. The molecule has 4 N–H and O–H groups in total. The second-order valence-corrected chi connectivity index (χ2v) is 4.99. The summed E-state index contributed by atoms with van der Waals surface area (Å²) in [6.07, 6.45) is 4.75. The van der Waals surface area contributed by atoms with E-state index in [9.17, 15) is 0 Å². The number of nitrogens with two attached hydrogens (primary N) is 2. The molecule has 0 unspecified atom stereocenters. The third-order valence-electron chi connectivity index (χ3n) is 3.44. The van der Waals surface area contributed by atoms with Crippen LogP contribution in [0, 0.1) is 0 Å². The number of anilines is 2. The summed E-state index contributed by atoms with van der Waals surface area (Å²) in [7, 11) is 0. The predicted molar refractivity (Wildman–Crippen MR) is 83.9 cm³/mol. The SMILES string of the molecule is CCCCCc1cc(-c2ccc(N)cc2)ccc1N. The van der Waals surface area contributed by atoms with Crippen LogP contribution in [0.25, 0.3) is 11.1 Å². The van der Waals surface area contributed by atoms with Crippen molar-refractivity contribution in [3.63, 3.8) is 0 Å². The monoisotopic (exact) mass is 254 g/mol. The third-order valence-corrected chi connectivity index (χ3v) is 3.44. The highest BCUT2D eigenvalue weighted by atomic mass is 14.6. The Labute approximate surface area is 115 Å². The second kappa shape index (κ2) is 6.28. The Morgan fingerprint density at radius 1 is 0.842 bits per heavy atom. The summed E-state index contributed by atoms with van der Waals surface area (Å²) < 4.78 is 0. The van der Waals surface area contributed by atoms with Crippen LogP contribution in [-0.4, -0.2) is 0 Å². The fourth-order valence-corrected chi connectivity index (χ4v) is 2.24. The minimum atomic E-state index is 0.794. The number of hydrogen-bond donors (Lipinski definition) is 2. The van der Waals surface area contributed by atoms with Crippen molar-refractivity contribution in [2.75, 3.05) is 11.5 Å². The van der Waals surface area contributed by atoms with Gasteiger partial charge in [-0.2, -0.15) is 0 Å². The number of unbranched alkanes of at least 4 members (excludes halogenated alkanes) is 2. The van der Waals surface area contributed by atoms with Crippen molar-refractivity contribution in [2.45, 2.75) is 32.6 Å². The van der Waals surface area contributed by atoms with Crippen LogP contribution in [0.5, 0.6) is 0 Å². The maximum Gasteiger partial charge on any atom is 0.0346 e. The van der Waals surface area contributed by atoms with Gasteiger partial charge in [-0.3, -0.25) is 0 Å². The summed E-state index contributed by atoms with van der Waals surface area (Å²) in [6, 6.07) is 14.3. The Morgan fingerprint density at radius 3 is 2.21 bits per heavy atom. The van der Waals surface area contributed by atoms with Gasteiger partial charge >= 0.3 is 0 Å². The van der Waals surface area contributed by atoms with E-state index in [0.29, 0.717) is 0 Å². The molecule has 0 atom stereocenters. The van der Waals surface area contributed by atoms with Crippen LogP contribution in [0.4, 0.5) is 11.4 Å². The normalized spacial score (nSPS) is 10.6. The van der Waals surface area contributed by atoms with Crippen LogP contribution in [0.3, 0.4) is 0 Å². The topological polar surface area (TPSA) is 52.0 Å². The molecule has 0 radical (unpaired) electrons. The van der Waals surface area contributed by atoms with E-state index >= 15 is 0 Å². The molecule has 2 aromatic rings. The fourth-order valence-electron chi connectivity index (χ4n) is 2.24. The quantitative estimate of drug-likeness (QED) is 0.619. The van der Waals surface area contributed by atoms with Crippen LogP contribution in [0.1, 0.15) is 31.7 Å². The van der Waals surface area contributed by atoms with Crippen LogP contribution in [-0.2, 0) is 6.42 Å². The fraction of sp³-hybridized carbons (Fsp3) is 0.294. The molecule has 100 valence electrons. The van der Waals surface area contributed by atoms with Crippen LogP contribution in [0.15, 0.2) is 42.5 Å². The molecule has 0 saturated carbocycles. The van der Waals surface area contributed by atoms with Gasteiger partial charge in [0.1, 0.15) is 0 Å². The first kappa shape index (κ1) is 13.5. The zero-order valence-electron chi connectivity index (χ0n) is 11.5. The van der Waals surface area contributed by atoms with Crippen LogP contribution in [0.2, 0.25) is 0 Å². The lowest BCUT2D eigenvalue weighted by Gasteiger charge is -2.09. The summed E-state index contributed by atoms with van der Waals surface area (Å²) >= 11 is 0. The van der Waals surface area contributed by atoms with Gasteiger partial charge in [-0.25, -0.2) is 0 Å². The standard InChI is InChI=1S/C17H22N2/c1-2-3-4-5-15-12-14(8-11-17(15)19)13-6-9-16(18)10-7-13/h6-12H,2-5,18-19H2,1H3. The van der Waals surface area contributed by atoms with Crippen molar-refractivity contribution in [2.24, 2.45) is 0 Å². The maximum atomic E-state index is 6.05. The van der Waals surface area contributed by atoms with E-state index in [-0.39, 0.29) is 0 Å². The molecule has 0 saturated heterocycles. The van der Waals surface area contributed by atoms with Gasteiger partial charge in [0.05, 0.1) is 0 Å². The molecule has 0 bridgehead atoms. The molecule has 0 spiro atoms. The molecular formula is C17H22N2. The molecule has 2 nitrogen and oxygen atoms in total. The molecule has 0 amide bonds. The average molecular weight is 254 g/mol. The van der Waals surface area contributed by atoms with E-state index in [0.717, 1.165) is 17.8 Å². The largest absolute Gasteiger partial charge is 0.399 e. The van der Waals surface area contributed by atoms with Crippen molar-refractivity contribution >= 4 is 11.4 Å². The van der Waals surface area contributed by atoms with Gasteiger partial charge in [-0.15, -0.1) is 0 Å². The Balaban J connectivity index is 2.22. The third kappa shape index (κ3) is 3.50. The summed E-state index contributed by atoms with van der Waals surface area (Å²) in [6.45, 7) is 2.22. The average Bonchev–Trinajstić information content (AvgIpc) is 2.42. The van der Waals surface area contributed by atoms with E-state index in [1.54, 1.807) is 0 Å². The van der Waals surface area contributed by atoms with E-state index in [1.165, 1.54) is 36.0 Å². The van der Waals surface area contributed by atoms with Crippen molar-refractivity contribution in [3.8, 4) is 11.1 Å². The van der Waals surface area contributed by atoms with Crippen molar-refractivity contribution in [1.82, 2.24) is 0 Å². The maximum absolute atomic E-state index is 6.05. The van der Waals surface area contributed by atoms with Gasteiger partial charge in [0.15, 0.2) is 0 Å². The van der Waals surface area contributed by atoms with Crippen molar-refractivity contribution in [3.05, 3.63) is 48.0 Å². The summed E-state index contributed by atoms with van der Waals surface area (Å²) in [5.41, 5.74) is 17.1. The Morgan fingerprint density at radius 2 is 1.53 bits per heavy atom. The zero-order valence-corrected chi connectivity index (χ0v) is 11.5. The van der Waals surface area contributed by atoms with Gasteiger partial charge < -0.3 is 11.5 Å². The number of benzene rings is 2. The molecule has 0 aliphatic heterocycles. The first-order valence-electron chi connectivity index (χ1n) is 6.95. The molecule has 2 rings (SSSR count). The molecule has 0 aromatic heterocycles. The number of nitrogen functional groups attached to an aromatic ring is 2. The number of hydrogen-bond acceptors (Lipinski definition) is 2. The molecule has 2 heteroatoms. The van der Waals surface area contributed by atoms with Gasteiger partial charge in [0, 0.05) is 11.4 Å². The number of rotatable bonds is 5. The molecule has 19 heavy (non-hydrogen) atoms. The Hall–Kier alpha value is -1.96. The smallest absolute Gasteiger partial charge is 0.0346 e. The Bertz CT molecular complexity index is 529. The summed E-state index contributed by atoms with van der Waals surface area (Å²) in [5, 5.41) is 0. The lowest BCUT2D eigenvalue weighted by atomic mass is 9.98. The molecular weight excluding hydrogens is 232 g/mol. The van der Waals surface area contributed by atoms with Crippen molar-refractivity contribution < 1.29 is 0 Å².